The lowest BCUT2D eigenvalue weighted by molar-refractivity contribution is -0.146. The summed E-state index contributed by atoms with van der Waals surface area (Å²) in [6.07, 6.45) is 1.39. The summed E-state index contributed by atoms with van der Waals surface area (Å²) in [6, 6.07) is 0. The Labute approximate surface area is 244 Å². The van der Waals surface area contributed by atoms with Crippen LogP contribution >= 0.6 is 0 Å². The molecular weight excluding hydrogens is 548 g/mol. The number of methoxy groups -OCH3 is 1. The Bertz CT molecular complexity index is 526. The zero-order valence-electron chi connectivity index (χ0n) is 24.8. The second-order valence-corrected chi connectivity index (χ2v) is 7.79. The lowest BCUT2D eigenvalue weighted by atomic mass is 10.6. The molecule has 0 aliphatic heterocycles. The van der Waals surface area contributed by atoms with Crippen molar-refractivity contribution in [2.24, 2.45) is 0 Å². The number of esters is 1. The maximum Gasteiger partial charge on any atom is 0.331 e. The van der Waals surface area contributed by atoms with E-state index in [1.54, 1.807) is 0 Å². The molecule has 0 radical (unpaired) electrons. The van der Waals surface area contributed by atoms with Crippen LogP contribution in [0.15, 0.2) is 12.8 Å². The number of carbonyl (C=O) groups is 1. The number of hydrogen-bond donors (Lipinski definition) is 0. The maximum atomic E-state index is 10.8. The van der Waals surface area contributed by atoms with Crippen molar-refractivity contribution in [3.8, 4) is 0 Å². The van der Waals surface area contributed by atoms with Crippen molar-refractivity contribution in [2.45, 2.75) is 0 Å². The molecule has 0 spiro atoms. The van der Waals surface area contributed by atoms with Gasteiger partial charge in [0.15, 0.2) is 0 Å². The van der Waals surface area contributed by atoms with Gasteiger partial charge < -0.3 is 61.6 Å². The van der Waals surface area contributed by atoms with E-state index in [0.717, 1.165) is 0 Å². The van der Waals surface area contributed by atoms with Crippen molar-refractivity contribution in [1.82, 2.24) is 0 Å². The lowest BCUT2D eigenvalue weighted by Gasteiger charge is -2.09. The first-order valence-corrected chi connectivity index (χ1v) is 14.0. The summed E-state index contributed by atoms with van der Waals surface area (Å²) in [6.45, 7) is 14.0. The van der Waals surface area contributed by atoms with Crippen molar-refractivity contribution in [3.05, 3.63) is 12.8 Å². The Morgan fingerprint density at radius 2 is 0.634 bits per heavy atom. The summed E-state index contributed by atoms with van der Waals surface area (Å²) in [4.78, 5) is 10.8. The van der Waals surface area contributed by atoms with Crippen LogP contribution in [0.1, 0.15) is 0 Å². The van der Waals surface area contributed by atoms with E-state index in [2.05, 4.69) is 11.3 Å². The first-order valence-electron chi connectivity index (χ1n) is 14.0. The molecule has 0 fully saturated rings. The van der Waals surface area contributed by atoms with Crippen molar-refractivity contribution in [2.75, 3.05) is 159 Å². The van der Waals surface area contributed by atoms with Crippen LogP contribution in [0.3, 0.4) is 0 Å². The number of rotatable bonds is 36. The zero-order chi connectivity index (χ0) is 29.7. The number of carbonyl (C=O) groups excluding carboxylic acids is 1. The van der Waals surface area contributed by atoms with Gasteiger partial charge in [0.1, 0.15) is 13.2 Å². The van der Waals surface area contributed by atoms with Crippen molar-refractivity contribution < 1.29 is 66.4 Å². The van der Waals surface area contributed by atoms with Gasteiger partial charge in [0.25, 0.3) is 0 Å². The highest BCUT2D eigenvalue weighted by Crippen LogP contribution is 1.87. The normalized spacial score (nSPS) is 11.1. The Morgan fingerprint density at radius 3 is 0.854 bits per heavy atom. The molecule has 0 aliphatic carbocycles. The molecule has 0 bridgehead atoms. The van der Waals surface area contributed by atoms with Gasteiger partial charge in [0.05, 0.1) is 152 Å². The third-order valence-corrected chi connectivity index (χ3v) is 4.63. The minimum atomic E-state index is -0.408. The molecule has 0 aromatic carbocycles. The predicted molar refractivity (Wildman–Crippen MR) is 147 cm³/mol. The number of hydrogen-bond acceptors (Lipinski definition) is 14. The van der Waals surface area contributed by atoms with E-state index in [-0.39, 0.29) is 6.61 Å². The van der Waals surface area contributed by atoms with E-state index in [1.807, 2.05) is 0 Å². The summed E-state index contributed by atoms with van der Waals surface area (Å²) in [5.41, 5.74) is 0. The molecule has 14 nitrogen and oxygen atoms in total. The van der Waals surface area contributed by atoms with E-state index >= 15 is 0 Å². The molecule has 0 unspecified atom stereocenters. The fourth-order valence-electron chi connectivity index (χ4n) is 2.60. The molecule has 0 heterocycles. The van der Waals surface area contributed by atoms with Gasteiger partial charge in [-0.25, -0.2) is 4.79 Å². The van der Waals surface area contributed by atoms with Crippen LogP contribution in [0.4, 0.5) is 0 Å². The average Bonchev–Trinajstić information content (AvgIpc) is 2.99. The quantitative estimate of drug-likeness (QED) is 0.0561. The van der Waals surface area contributed by atoms with E-state index in [0.29, 0.717) is 145 Å². The molecule has 41 heavy (non-hydrogen) atoms. The standard InChI is InChI=1S/C27H52O14/c1-3-30-4-5-31-6-7-32-8-9-33-10-11-34-12-13-35-14-15-36-16-17-37-18-19-38-20-21-39-22-23-40-24-25-41-26-27(28)29-2/h3H,1,4-26H2,2H3. The summed E-state index contributed by atoms with van der Waals surface area (Å²) in [5, 5.41) is 0. The SMILES string of the molecule is C=COCCOCCOCCOCCOCCOCCOCCOCCOCCOCCOCCOCC(=O)OC. The Hall–Kier alpha value is -1.43. The van der Waals surface area contributed by atoms with Gasteiger partial charge in [-0.05, 0) is 0 Å². The average molecular weight is 601 g/mol. The summed E-state index contributed by atoms with van der Waals surface area (Å²) in [7, 11) is 1.31. The third-order valence-electron chi connectivity index (χ3n) is 4.63. The van der Waals surface area contributed by atoms with E-state index in [4.69, 9.17) is 56.8 Å². The molecular formula is C27H52O14. The fourth-order valence-corrected chi connectivity index (χ4v) is 2.60. The molecule has 0 aliphatic rings. The molecule has 14 heteroatoms. The summed E-state index contributed by atoms with van der Waals surface area (Å²) >= 11 is 0. The smallest absolute Gasteiger partial charge is 0.331 e. The predicted octanol–water partition coefficient (Wildman–Crippen LogP) is 0.502. The molecule has 0 saturated carbocycles. The Balaban J connectivity index is 3.04. The largest absolute Gasteiger partial charge is 0.499 e. The van der Waals surface area contributed by atoms with Crippen LogP contribution in [0.25, 0.3) is 0 Å². The molecule has 0 aromatic rings. The monoisotopic (exact) mass is 600 g/mol. The maximum absolute atomic E-state index is 10.8. The second-order valence-electron chi connectivity index (χ2n) is 7.79. The van der Waals surface area contributed by atoms with E-state index < -0.39 is 5.97 Å². The third kappa shape index (κ3) is 36.5. The summed E-state index contributed by atoms with van der Waals surface area (Å²) < 4.78 is 68.5. The van der Waals surface area contributed by atoms with Gasteiger partial charge in [-0.3, -0.25) is 0 Å². The van der Waals surface area contributed by atoms with Crippen LogP contribution < -0.4 is 0 Å². The van der Waals surface area contributed by atoms with Crippen LogP contribution in [-0.4, -0.2) is 165 Å². The van der Waals surface area contributed by atoms with Crippen molar-refractivity contribution in [3.63, 3.8) is 0 Å². The highest BCUT2D eigenvalue weighted by atomic mass is 16.6. The van der Waals surface area contributed by atoms with Crippen LogP contribution in [0.5, 0.6) is 0 Å². The fraction of sp³-hybridized carbons (Fsp3) is 0.889. The molecule has 0 amide bonds. The Morgan fingerprint density at radius 1 is 0.415 bits per heavy atom. The lowest BCUT2D eigenvalue weighted by Crippen LogP contribution is -2.16. The van der Waals surface area contributed by atoms with Gasteiger partial charge >= 0.3 is 5.97 Å². The second kappa shape index (κ2) is 36.6. The highest BCUT2D eigenvalue weighted by Gasteiger charge is 1.99. The first-order chi connectivity index (χ1) is 20.3. The molecule has 0 aromatic heterocycles. The topological polar surface area (TPSA) is 137 Å². The molecule has 0 N–H and O–H groups in total. The molecule has 244 valence electrons. The van der Waals surface area contributed by atoms with Gasteiger partial charge in [-0.1, -0.05) is 6.58 Å². The van der Waals surface area contributed by atoms with E-state index in [1.165, 1.54) is 13.4 Å². The zero-order valence-corrected chi connectivity index (χ0v) is 24.8. The van der Waals surface area contributed by atoms with Crippen molar-refractivity contribution >= 4 is 5.97 Å². The van der Waals surface area contributed by atoms with Crippen LogP contribution in [0, 0.1) is 0 Å². The Kier molecular flexibility index (Phi) is 35.3. The molecule has 0 rings (SSSR count). The van der Waals surface area contributed by atoms with Crippen LogP contribution in [0.2, 0.25) is 0 Å². The van der Waals surface area contributed by atoms with Gasteiger partial charge in [-0.2, -0.15) is 0 Å². The highest BCUT2D eigenvalue weighted by molar-refractivity contribution is 5.70. The van der Waals surface area contributed by atoms with Gasteiger partial charge in [-0.15, -0.1) is 0 Å². The molecule has 0 saturated heterocycles. The minimum absolute atomic E-state index is 0.0703. The van der Waals surface area contributed by atoms with E-state index in [9.17, 15) is 4.79 Å². The van der Waals surface area contributed by atoms with Gasteiger partial charge in [0, 0.05) is 0 Å². The summed E-state index contributed by atoms with van der Waals surface area (Å²) in [5.74, 6) is -0.408. The molecule has 0 atom stereocenters. The van der Waals surface area contributed by atoms with Gasteiger partial charge in [0.2, 0.25) is 0 Å². The van der Waals surface area contributed by atoms with Crippen LogP contribution in [-0.2, 0) is 66.4 Å². The first kappa shape index (κ1) is 39.6. The van der Waals surface area contributed by atoms with Crippen molar-refractivity contribution in [1.29, 1.82) is 0 Å². The minimum Gasteiger partial charge on any atom is -0.499 e. The number of ether oxygens (including phenoxy) is 13.